The molecule has 0 aliphatic carbocycles. The van der Waals surface area contributed by atoms with Crippen LogP contribution >= 0.6 is 0 Å². The largest absolute Gasteiger partial charge is 0.492 e. The zero-order chi connectivity index (χ0) is 14.5. The van der Waals surface area contributed by atoms with Crippen molar-refractivity contribution in [2.45, 2.75) is 26.7 Å². The van der Waals surface area contributed by atoms with E-state index in [1.54, 1.807) is 0 Å². The number of ether oxygens (including phenoxy) is 2. The third kappa shape index (κ3) is 3.31. The van der Waals surface area contributed by atoms with Gasteiger partial charge in [-0.3, -0.25) is 4.90 Å². The van der Waals surface area contributed by atoms with Gasteiger partial charge in [-0.25, -0.2) is 4.79 Å². The van der Waals surface area contributed by atoms with E-state index in [0.717, 1.165) is 23.4 Å². The smallest absolute Gasteiger partial charge is 0.338 e. The lowest BCUT2D eigenvalue weighted by Crippen LogP contribution is -2.25. The Morgan fingerprint density at radius 3 is 2.60 bits per heavy atom. The molecule has 4 heteroatoms. The van der Waals surface area contributed by atoms with Crippen LogP contribution in [0.5, 0.6) is 5.75 Å². The second-order valence-electron chi connectivity index (χ2n) is 5.27. The molecule has 0 bridgehead atoms. The van der Waals surface area contributed by atoms with Crippen molar-refractivity contribution < 1.29 is 14.3 Å². The molecule has 4 nitrogen and oxygen atoms in total. The third-order valence-corrected chi connectivity index (χ3v) is 3.88. The number of esters is 1. The Bertz CT molecular complexity index is 479. The van der Waals surface area contributed by atoms with E-state index in [-0.39, 0.29) is 5.97 Å². The van der Waals surface area contributed by atoms with Crippen LogP contribution in [0.1, 0.15) is 34.3 Å². The van der Waals surface area contributed by atoms with Gasteiger partial charge in [0, 0.05) is 12.1 Å². The Labute approximate surface area is 120 Å². The van der Waals surface area contributed by atoms with E-state index in [2.05, 4.69) is 4.90 Å². The van der Waals surface area contributed by atoms with Crippen molar-refractivity contribution in [3.05, 3.63) is 28.8 Å². The fourth-order valence-electron chi connectivity index (χ4n) is 2.69. The minimum atomic E-state index is -0.301. The Morgan fingerprint density at radius 2 is 1.95 bits per heavy atom. The molecule has 0 aromatic heterocycles. The summed E-state index contributed by atoms with van der Waals surface area (Å²) in [5, 5.41) is 0. The average molecular weight is 277 g/mol. The fourth-order valence-corrected chi connectivity index (χ4v) is 2.69. The van der Waals surface area contributed by atoms with Crippen molar-refractivity contribution in [1.82, 2.24) is 4.90 Å². The highest BCUT2D eigenvalue weighted by molar-refractivity contribution is 5.93. The van der Waals surface area contributed by atoms with E-state index in [1.807, 2.05) is 26.0 Å². The van der Waals surface area contributed by atoms with Gasteiger partial charge in [0.1, 0.15) is 12.4 Å². The Balaban J connectivity index is 2.02. The first kappa shape index (κ1) is 14.9. The van der Waals surface area contributed by atoms with Crippen molar-refractivity contribution >= 4 is 5.97 Å². The molecule has 1 heterocycles. The van der Waals surface area contributed by atoms with Crippen LogP contribution in [0.15, 0.2) is 12.1 Å². The lowest BCUT2D eigenvalue weighted by molar-refractivity contribution is 0.0598. The molecular weight excluding hydrogens is 254 g/mol. The summed E-state index contributed by atoms with van der Waals surface area (Å²) in [4.78, 5) is 14.2. The minimum absolute atomic E-state index is 0.301. The van der Waals surface area contributed by atoms with E-state index >= 15 is 0 Å². The summed E-state index contributed by atoms with van der Waals surface area (Å²) in [6.07, 6.45) is 2.58. The number of aryl methyl sites for hydroxylation is 1. The standard InChI is InChI=1S/C16H23NO3/c1-12-6-7-14(13(2)15(12)16(18)19-3)20-11-10-17-8-4-5-9-17/h6-7H,4-5,8-11H2,1-3H3. The van der Waals surface area contributed by atoms with Crippen LogP contribution in [-0.4, -0.2) is 44.2 Å². The molecule has 1 fully saturated rings. The molecule has 0 N–H and O–H groups in total. The van der Waals surface area contributed by atoms with Gasteiger partial charge < -0.3 is 9.47 Å². The van der Waals surface area contributed by atoms with Crippen molar-refractivity contribution in [3.63, 3.8) is 0 Å². The molecule has 0 atom stereocenters. The van der Waals surface area contributed by atoms with Gasteiger partial charge in [-0.2, -0.15) is 0 Å². The molecule has 110 valence electrons. The predicted molar refractivity (Wildman–Crippen MR) is 78.4 cm³/mol. The summed E-state index contributed by atoms with van der Waals surface area (Å²) in [6.45, 7) is 7.76. The Kier molecular flexibility index (Phi) is 5.01. The number of carbonyl (C=O) groups excluding carboxylic acids is 1. The Morgan fingerprint density at radius 1 is 1.25 bits per heavy atom. The monoisotopic (exact) mass is 277 g/mol. The van der Waals surface area contributed by atoms with E-state index < -0.39 is 0 Å². The molecule has 0 saturated carbocycles. The predicted octanol–water partition coefficient (Wildman–Crippen LogP) is 2.56. The van der Waals surface area contributed by atoms with Crippen molar-refractivity contribution in [1.29, 1.82) is 0 Å². The van der Waals surface area contributed by atoms with Gasteiger partial charge in [-0.05, 0) is 51.4 Å². The molecular formula is C16H23NO3. The summed E-state index contributed by atoms with van der Waals surface area (Å²) in [7, 11) is 1.40. The van der Waals surface area contributed by atoms with Crippen LogP contribution in [0.2, 0.25) is 0 Å². The highest BCUT2D eigenvalue weighted by atomic mass is 16.5. The molecule has 1 aromatic rings. The van der Waals surface area contributed by atoms with Crippen LogP contribution < -0.4 is 4.74 Å². The summed E-state index contributed by atoms with van der Waals surface area (Å²) >= 11 is 0. The molecule has 0 amide bonds. The number of rotatable bonds is 5. The Hall–Kier alpha value is -1.55. The molecule has 2 rings (SSSR count). The minimum Gasteiger partial charge on any atom is -0.492 e. The van der Waals surface area contributed by atoms with Crippen molar-refractivity contribution in [2.75, 3.05) is 33.4 Å². The molecule has 1 saturated heterocycles. The molecule has 1 aliphatic heterocycles. The number of hydrogen-bond donors (Lipinski definition) is 0. The van der Waals surface area contributed by atoms with E-state index in [0.29, 0.717) is 12.2 Å². The van der Waals surface area contributed by atoms with Gasteiger partial charge >= 0.3 is 5.97 Å². The van der Waals surface area contributed by atoms with Crippen LogP contribution in [0.25, 0.3) is 0 Å². The van der Waals surface area contributed by atoms with Gasteiger partial charge in [0.25, 0.3) is 0 Å². The summed E-state index contributed by atoms with van der Waals surface area (Å²) in [5.41, 5.74) is 2.39. The van der Waals surface area contributed by atoms with Gasteiger partial charge in [0.05, 0.1) is 12.7 Å². The maximum atomic E-state index is 11.8. The van der Waals surface area contributed by atoms with Gasteiger partial charge in [0.15, 0.2) is 0 Å². The fraction of sp³-hybridized carbons (Fsp3) is 0.562. The number of likely N-dealkylation sites (tertiary alicyclic amines) is 1. The summed E-state index contributed by atoms with van der Waals surface area (Å²) < 4.78 is 10.7. The van der Waals surface area contributed by atoms with E-state index in [4.69, 9.17) is 9.47 Å². The van der Waals surface area contributed by atoms with E-state index in [1.165, 1.54) is 33.0 Å². The summed E-state index contributed by atoms with van der Waals surface area (Å²) in [6, 6.07) is 3.84. The summed E-state index contributed by atoms with van der Waals surface area (Å²) in [5.74, 6) is 0.472. The molecule has 1 aromatic carbocycles. The molecule has 0 spiro atoms. The first-order valence-corrected chi connectivity index (χ1v) is 7.17. The van der Waals surface area contributed by atoms with Crippen LogP contribution in [0, 0.1) is 13.8 Å². The zero-order valence-corrected chi connectivity index (χ0v) is 12.6. The zero-order valence-electron chi connectivity index (χ0n) is 12.6. The number of carbonyl (C=O) groups is 1. The lowest BCUT2D eigenvalue weighted by atomic mass is 10.0. The normalized spacial score (nSPS) is 15.3. The first-order valence-electron chi connectivity index (χ1n) is 7.17. The van der Waals surface area contributed by atoms with Gasteiger partial charge in [-0.15, -0.1) is 0 Å². The number of nitrogens with zero attached hydrogens (tertiary/aromatic N) is 1. The number of methoxy groups -OCH3 is 1. The number of benzene rings is 1. The average Bonchev–Trinajstić information content (AvgIpc) is 2.94. The van der Waals surface area contributed by atoms with E-state index in [9.17, 15) is 4.79 Å². The van der Waals surface area contributed by atoms with Crippen LogP contribution in [-0.2, 0) is 4.74 Å². The molecule has 1 aliphatic rings. The van der Waals surface area contributed by atoms with Crippen LogP contribution in [0.4, 0.5) is 0 Å². The molecule has 0 radical (unpaired) electrons. The van der Waals surface area contributed by atoms with Crippen LogP contribution in [0.3, 0.4) is 0 Å². The van der Waals surface area contributed by atoms with Crippen molar-refractivity contribution in [3.8, 4) is 5.75 Å². The SMILES string of the molecule is COC(=O)c1c(C)ccc(OCCN2CCCC2)c1C. The maximum absolute atomic E-state index is 11.8. The topological polar surface area (TPSA) is 38.8 Å². The molecule has 20 heavy (non-hydrogen) atoms. The lowest BCUT2D eigenvalue weighted by Gasteiger charge is -2.17. The second-order valence-corrected chi connectivity index (χ2v) is 5.27. The molecule has 0 unspecified atom stereocenters. The van der Waals surface area contributed by atoms with Gasteiger partial charge in [0.2, 0.25) is 0 Å². The second kappa shape index (κ2) is 6.75. The van der Waals surface area contributed by atoms with Crippen molar-refractivity contribution in [2.24, 2.45) is 0 Å². The highest BCUT2D eigenvalue weighted by Gasteiger charge is 2.16. The van der Waals surface area contributed by atoms with Gasteiger partial charge in [-0.1, -0.05) is 6.07 Å². The first-order chi connectivity index (χ1) is 9.63. The quantitative estimate of drug-likeness (QED) is 0.775. The highest BCUT2D eigenvalue weighted by Crippen LogP contribution is 2.25. The maximum Gasteiger partial charge on any atom is 0.338 e. The number of hydrogen-bond acceptors (Lipinski definition) is 4. The third-order valence-electron chi connectivity index (χ3n) is 3.88.